The van der Waals surface area contributed by atoms with Gasteiger partial charge in [0, 0.05) is 25.5 Å². The van der Waals surface area contributed by atoms with Crippen LogP contribution in [0.1, 0.15) is 29.8 Å². The summed E-state index contributed by atoms with van der Waals surface area (Å²) in [5, 5.41) is 11.0. The van der Waals surface area contributed by atoms with Crippen molar-refractivity contribution >= 4 is 22.9 Å². The number of aliphatic imine (C=N–C) groups is 1. The normalized spacial score (nSPS) is 13.2. The minimum atomic E-state index is 0.452. The van der Waals surface area contributed by atoms with Crippen molar-refractivity contribution in [1.82, 2.24) is 20.0 Å². The molecule has 0 radical (unpaired) electrons. The van der Waals surface area contributed by atoms with Gasteiger partial charge >= 0.3 is 0 Å². The van der Waals surface area contributed by atoms with Gasteiger partial charge in [-0.3, -0.25) is 4.99 Å². The average molecular weight is 341 g/mol. The molecule has 0 fully saturated rings. The first-order valence-electron chi connectivity index (χ1n) is 8.07. The van der Waals surface area contributed by atoms with Gasteiger partial charge in [0.05, 0.1) is 12.2 Å². The summed E-state index contributed by atoms with van der Waals surface area (Å²) in [6.45, 7) is 5.79. The fourth-order valence-corrected chi connectivity index (χ4v) is 3.38. The molecule has 0 aliphatic heterocycles. The molecule has 0 saturated heterocycles. The molecule has 1 unspecified atom stereocenters. The van der Waals surface area contributed by atoms with Crippen LogP contribution in [0.3, 0.4) is 0 Å². The highest BCUT2D eigenvalue weighted by atomic mass is 32.1. The summed E-state index contributed by atoms with van der Waals surface area (Å²) in [7, 11) is 1.79. The topological polar surface area (TPSA) is 53.7 Å². The molecule has 3 rings (SSSR count). The number of fused-ring (bicyclic) bond motifs is 1. The zero-order valence-corrected chi connectivity index (χ0v) is 15.1. The number of nitrogens with one attached hydrogen (secondary N) is 2. The summed E-state index contributed by atoms with van der Waals surface area (Å²) in [6, 6.07) is 8.30. The van der Waals surface area contributed by atoms with E-state index in [1.54, 1.807) is 18.4 Å². The maximum absolute atomic E-state index is 4.63. The molecular formula is C18H23N5S. The van der Waals surface area contributed by atoms with Crippen LogP contribution in [-0.4, -0.2) is 28.9 Å². The lowest BCUT2D eigenvalue weighted by Crippen LogP contribution is -2.38. The summed E-state index contributed by atoms with van der Waals surface area (Å²) in [4.78, 5) is 8.93. The molecule has 5 nitrogen and oxygen atoms in total. The Hall–Kier alpha value is -2.34. The van der Waals surface area contributed by atoms with Crippen molar-refractivity contribution in [3.05, 3.63) is 58.2 Å². The van der Waals surface area contributed by atoms with E-state index in [0.717, 1.165) is 23.8 Å². The average Bonchev–Trinajstić information content (AvgIpc) is 3.25. The van der Waals surface area contributed by atoms with E-state index in [2.05, 4.69) is 67.9 Å². The van der Waals surface area contributed by atoms with Crippen LogP contribution in [0.25, 0.3) is 5.65 Å². The van der Waals surface area contributed by atoms with Gasteiger partial charge in [0.1, 0.15) is 5.65 Å². The number of pyridine rings is 1. The molecule has 3 heterocycles. The first-order valence-corrected chi connectivity index (χ1v) is 9.02. The fraction of sp³-hybridized carbons (Fsp3) is 0.333. The predicted octanol–water partition coefficient (Wildman–Crippen LogP) is 3.17. The third-order valence-corrected chi connectivity index (χ3v) is 4.80. The van der Waals surface area contributed by atoms with Crippen molar-refractivity contribution < 1.29 is 0 Å². The SMILES string of the molecule is CN=C(NCc1cn2c(C)cccc2n1)NCC(C)c1ccsc1. The number of imidazole rings is 1. The van der Waals surface area contributed by atoms with E-state index >= 15 is 0 Å². The Kier molecular flexibility index (Phi) is 5.15. The van der Waals surface area contributed by atoms with E-state index in [1.807, 2.05) is 12.1 Å². The quantitative estimate of drug-likeness (QED) is 0.554. The van der Waals surface area contributed by atoms with Crippen molar-refractivity contribution in [2.24, 2.45) is 4.99 Å². The molecule has 6 heteroatoms. The summed E-state index contributed by atoms with van der Waals surface area (Å²) < 4.78 is 2.10. The zero-order valence-electron chi connectivity index (χ0n) is 14.3. The van der Waals surface area contributed by atoms with E-state index in [4.69, 9.17) is 0 Å². The van der Waals surface area contributed by atoms with E-state index < -0.39 is 0 Å². The molecule has 0 aliphatic carbocycles. The summed E-state index contributed by atoms with van der Waals surface area (Å²) in [5.41, 5.74) is 4.51. The molecule has 126 valence electrons. The van der Waals surface area contributed by atoms with Gasteiger partial charge < -0.3 is 15.0 Å². The lowest BCUT2D eigenvalue weighted by atomic mass is 10.1. The predicted molar refractivity (Wildman–Crippen MR) is 101 cm³/mol. The van der Waals surface area contributed by atoms with Crippen LogP contribution in [0, 0.1) is 6.92 Å². The number of aromatic nitrogens is 2. The number of hydrogen-bond donors (Lipinski definition) is 2. The maximum atomic E-state index is 4.63. The molecule has 24 heavy (non-hydrogen) atoms. The van der Waals surface area contributed by atoms with Crippen LogP contribution in [0.4, 0.5) is 0 Å². The first kappa shape index (κ1) is 16.5. The van der Waals surface area contributed by atoms with E-state index in [9.17, 15) is 0 Å². The van der Waals surface area contributed by atoms with Gasteiger partial charge in [0.2, 0.25) is 0 Å². The van der Waals surface area contributed by atoms with Gasteiger partial charge in [-0.15, -0.1) is 0 Å². The number of aryl methyl sites for hydroxylation is 1. The third kappa shape index (κ3) is 3.76. The second-order valence-corrected chi connectivity index (χ2v) is 6.67. The molecule has 0 spiro atoms. The summed E-state index contributed by atoms with van der Waals surface area (Å²) in [6.07, 6.45) is 2.07. The first-order chi connectivity index (χ1) is 11.7. The zero-order chi connectivity index (χ0) is 16.9. The minimum Gasteiger partial charge on any atom is -0.356 e. The lowest BCUT2D eigenvalue weighted by Gasteiger charge is -2.14. The van der Waals surface area contributed by atoms with Gasteiger partial charge in [-0.2, -0.15) is 11.3 Å². The fourth-order valence-electron chi connectivity index (χ4n) is 2.60. The van der Waals surface area contributed by atoms with Crippen LogP contribution in [-0.2, 0) is 6.54 Å². The van der Waals surface area contributed by atoms with Gasteiger partial charge in [0.15, 0.2) is 5.96 Å². The second-order valence-electron chi connectivity index (χ2n) is 5.89. The third-order valence-electron chi connectivity index (χ3n) is 4.09. The van der Waals surface area contributed by atoms with Crippen LogP contribution < -0.4 is 10.6 Å². The molecule has 3 aromatic rings. The number of thiophene rings is 1. The van der Waals surface area contributed by atoms with Crippen LogP contribution >= 0.6 is 11.3 Å². The van der Waals surface area contributed by atoms with Gasteiger partial charge in [0.25, 0.3) is 0 Å². The molecular weight excluding hydrogens is 318 g/mol. The second kappa shape index (κ2) is 7.49. The Labute approximate surface area is 146 Å². The molecule has 3 aromatic heterocycles. The maximum Gasteiger partial charge on any atom is 0.191 e. The molecule has 0 aromatic carbocycles. The van der Waals surface area contributed by atoms with Crippen molar-refractivity contribution in [1.29, 1.82) is 0 Å². The number of nitrogens with zero attached hydrogens (tertiary/aromatic N) is 3. The van der Waals surface area contributed by atoms with Crippen LogP contribution in [0.2, 0.25) is 0 Å². The van der Waals surface area contributed by atoms with Gasteiger partial charge in [-0.1, -0.05) is 13.0 Å². The molecule has 0 aliphatic rings. The largest absolute Gasteiger partial charge is 0.356 e. The van der Waals surface area contributed by atoms with Crippen molar-refractivity contribution in [2.45, 2.75) is 26.3 Å². The molecule has 0 saturated carbocycles. The van der Waals surface area contributed by atoms with E-state index in [1.165, 1.54) is 11.3 Å². The van der Waals surface area contributed by atoms with Crippen molar-refractivity contribution in [3.63, 3.8) is 0 Å². The number of rotatable bonds is 5. The Bertz CT molecular complexity index is 819. The van der Waals surface area contributed by atoms with E-state index in [-0.39, 0.29) is 0 Å². The molecule has 0 amide bonds. The van der Waals surface area contributed by atoms with Gasteiger partial charge in [-0.25, -0.2) is 4.98 Å². The minimum absolute atomic E-state index is 0.452. The Morgan fingerprint density at radius 1 is 1.33 bits per heavy atom. The summed E-state index contributed by atoms with van der Waals surface area (Å²) in [5.74, 6) is 1.25. The highest BCUT2D eigenvalue weighted by Crippen LogP contribution is 2.17. The van der Waals surface area contributed by atoms with Crippen LogP contribution in [0.5, 0.6) is 0 Å². The Balaban J connectivity index is 1.56. The molecule has 1 atom stereocenters. The standard InChI is InChI=1S/C18H23N5S/c1-13(15-7-8-24-12-15)9-20-18(19-3)21-10-16-11-23-14(2)5-4-6-17(23)22-16/h4-8,11-13H,9-10H2,1-3H3,(H2,19,20,21). The Morgan fingerprint density at radius 2 is 2.21 bits per heavy atom. The van der Waals surface area contributed by atoms with E-state index in [0.29, 0.717) is 12.5 Å². The Morgan fingerprint density at radius 3 is 2.92 bits per heavy atom. The highest BCUT2D eigenvalue weighted by molar-refractivity contribution is 7.07. The van der Waals surface area contributed by atoms with Crippen molar-refractivity contribution in [2.75, 3.05) is 13.6 Å². The number of hydrogen-bond acceptors (Lipinski definition) is 3. The molecule has 2 N–H and O–H groups in total. The van der Waals surface area contributed by atoms with Crippen LogP contribution in [0.15, 0.2) is 46.2 Å². The smallest absolute Gasteiger partial charge is 0.191 e. The highest BCUT2D eigenvalue weighted by Gasteiger charge is 2.08. The number of guanidine groups is 1. The molecule has 0 bridgehead atoms. The lowest BCUT2D eigenvalue weighted by molar-refractivity contribution is 0.699. The van der Waals surface area contributed by atoms with Gasteiger partial charge in [-0.05, 0) is 47.4 Å². The van der Waals surface area contributed by atoms with Crippen molar-refractivity contribution in [3.8, 4) is 0 Å². The summed E-state index contributed by atoms with van der Waals surface area (Å²) >= 11 is 1.73. The monoisotopic (exact) mass is 341 g/mol.